The van der Waals surface area contributed by atoms with E-state index >= 15 is 0 Å². The molecular formula is C20H28FN4O3S+. The maximum atomic E-state index is 13.9. The minimum Gasteiger partial charge on any atom is -0.326 e. The fourth-order valence-electron chi connectivity index (χ4n) is 3.83. The summed E-state index contributed by atoms with van der Waals surface area (Å²) >= 11 is 0. The Hall–Kier alpha value is -2.26. The zero-order valence-electron chi connectivity index (χ0n) is 17.3. The molecule has 0 spiro atoms. The van der Waals surface area contributed by atoms with Crippen LogP contribution in [-0.4, -0.2) is 49.2 Å². The second-order valence-corrected chi connectivity index (χ2v) is 10.2. The van der Waals surface area contributed by atoms with Gasteiger partial charge < -0.3 is 10.2 Å². The van der Waals surface area contributed by atoms with Gasteiger partial charge in [-0.1, -0.05) is 6.07 Å². The first-order chi connectivity index (χ1) is 13.6. The highest BCUT2D eigenvalue weighted by molar-refractivity contribution is 7.91. The van der Waals surface area contributed by atoms with E-state index in [2.05, 4.69) is 10.4 Å². The highest BCUT2D eigenvalue weighted by Crippen LogP contribution is 2.26. The summed E-state index contributed by atoms with van der Waals surface area (Å²) < 4.78 is 39.3. The van der Waals surface area contributed by atoms with Crippen LogP contribution in [0.1, 0.15) is 35.0 Å². The molecule has 3 rings (SSSR count). The van der Waals surface area contributed by atoms with Gasteiger partial charge in [-0.05, 0) is 44.9 Å². The number of sulfone groups is 1. The van der Waals surface area contributed by atoms with Gasteiger partial charge >= 0.3 is 0 Å². The van der Waals surface area contributed by atoms with Gasteiger partial charge in [0, 0.05) is 5.69 Å². The number of carbonyl (C=O) groups excluding carboxylic acids is 1. The summed E-state index contributed by atoms with van der Waals surface area (Å²) in [6.45, 7) is 6.38. The molecule has 1 fully saturated rings. The number of hydrogen-bond donors (Lipinski definition) is 2. The summed E-state index contributed by atoms with van der Waals surface area (Å²) in [5.41, 5.74) is 3.77. The molecule has 7 nitrogen and oxygen atoms in total. The number of benzene rings is 1. The molecule has 29 heavy (non-hydrogen) atoms. The molecule has 0 saturated carbocycles. The molecule has 2 N–H and O–H groups in total. The van der Waals surface area contributed by atoms with Crippen molar-refractivity contribution in [2.45, 2.75) is 39.8 Å². The minimum atomic E-state index is -2.99. The number of aryl methyl sites for hydroxylation is 2. The van der Waals surface area contributed by atoms with Gasteiger partial charge in [0.25, 0.3) is 5.91 Å². The van der Waals surface area contributed by atoms with Crippen molar-refractivity contribution in [3.05, 3.63) is 46.5 Å². The van der Waals surface area contributed by atoms with Gasteiger partial charge in [0.15, 0.2) is 16.4 Å². The van der Waals surface area contributed by atoms with Crippen LogP contribution >= 0.6 is 0 Å². The van der Waals surface area contributed by atoms with Crippen LogP contribution in [0.3, 0.4) is 0 Å². The molecule has 1 aliphatic rings. The van der Waals surface area contributed by atoms with Crippen molar-refractivity contribution in [2.24, 2.45) is 0 Å². The molecule has 0 aliphatic carbocycles. The van der Waals surface area contributed by atoms with Gasteiger partial charge in [0.1, 0.15) is 12.4 Å². The van der Waals surface area contributed by atoms with E-state index in [1.165, 1.54) is 6.07 Å². The first kappa shape index (κ1) is 21.4. The quantitative estimate of drug-likeness (QED) is 0.725. The number of hydrogen-bond acceptors (Lipinski definition) is 4. The Balaban J connectivity index is 1.64. The van der Waals surface area contributed by atoms with Gasteiger partial charge in [0.05, 0.1) is 41.5 Å². The number of likely N-dealkylation sites (N-methyl/N-ethyl adjacent to an activating group) is 1. The van der Waals surface area contributed by atoms with E-state index in [1.807, 2.05) is 25.6 Å². The Labute approximate surface area is 170 Å². The largest absolute Gasteiger partial charge is 0.326 e. The Bertz CT molecular complexity index is 1030. The number of rotatable bonds is 6. The van der Waals surface area contributed by atoms with Crippen molar-refractivity contribution >= 4 is 21.4 Å². The molecule has 158 valence electrons. The second kappa shape index (κ2) is 8.23. The van der Waals surface area contributed by atoms with Crippen LogP contribution in [-0.2, 0) is 21.2 Å². The lowest BCUT2D eigenvalue weighted by Crippen LogP contribution is -3.08. The molecule has 2 atom stereocenters. The molecule has 9 heteroatoms. The van der Waals surface area contributed by atoms with Crippen LogP contribution in [0.25, 0.3) is 0 Å². The molecule has 2 heterocycles. The Morgan fingerprint density at radius 3 is 2.69 bits per heavy atom. The summed E-state index contributed by atoms with van der Waals surface area (Å²) in [5.74, 6) is -0.390. The van der Waals surface area contributed by atoms with Crippen molar-refractivity contribution < 1.29 is 22.5 Å². The van der Waals surface area contributed by atoms with Crippen molar-refractivity contribution in [2.75, 3.05) is 30.4 Å². The van der Waals surface area contributed by atoms with Crippen LogP contribution in [0.15, 0.2) is 18.2 Å². The molecule has 1 aliphatic heterocycles. The van der Waals surface area contributed by atoms with Gasteiger partial charge in [0.2, 0.25) is 0 Å². The predicted octanol–water partition coefficient (Wildman–Crippen LogP) is 0.960. The van der Waals surface area contributed by atoms with E-state index in [0.717, 1.165) is 27.4 Å². The third-order valence-corrected chi connectivity index (χ3v) is 7.12. The fourth-order valence-corrected chi connectivity index (χ4v) is 5.52. The average Bonchev–Trinajstić information content (AvgIpc) is 3.11. The zero-order valence-corrected chi connectivity index (χ0v) is 18.1. The van der Waals surface area contributed by atoms with Crippen LogP contribution in [0.4, 0.5) is 10.1 Å². The normalized spacial score (nSPS) is 19.3. The van der Waals surface area contributed by atoms with Crippen molar-refractivity contribution in [1.29, 1.82) is 0 Å². The van der Waals surface area contributed by atoms with Gasteiger partial charge in [-0.2, -0.15) is 5.10 Å². The van der Waals surface area contributed by atoms with Gasteiger partial charge in [-0.15, -0.1) is 0 Å². The maximum absolute atomic E-state index is 13.9. The Morgan fingerprint density at radius 1 is 1.34 bits per heavy atom. The van der Waals surface area contributed by atoms with Gasteiger partial charge in [-0.3, -0.25) is 9.48 Å². The van der Waals surface area contributed by atoms with E-state index in [0.29, 0.717) is 13.0 Å². The number of amides is 1. The number of carbonyl (C=O) groups is 1. The molecule has 1 unspecified atom stereocenters. The number of quaternary nitrogens is 1. The number of halogens is 1. The summed E-state index contributed by atoms with van der Waals surface area (Å²) in [4.78, 5) is 13.3. The van der Waals surface area contributed by atoms with Crippen LogP contribution < -0.4 is 10.2 Å². The van der Waals surface area contributed by atoms with E-state index in [1.54, 1.807) is 19.1 Å². The molecule has 0 radical (unpaired) electrons. The number of nitrogens with one attached hydrogen (secondary N) is 2. The van der Waals surface area contributed by atoms with Crippen molar-refractivity contribution in [3.8, 4) is 0 Å². The summed E-state index contributed by atoms with van der Waals surface area (Å²) in [6.07, 6.45) is 0.580. The highest BCUT2D eigenvalue weighted by atomic mass is 32.2. The van der Waals surface area contributed by atoms with E-state index in [9.17, 15) is 17.6 Å². The van der Waals surface area contributed by atoms with Crippen molar-refractivity contribution in [3.63, 3.8) is 0 Å². The number of nitrogens with zero attached hydrogens (tertiary/aromatic N) is 2. The molecule has 1 saturated heterocycles. The smallest absolute Gasteiger partial charge is 0.279 e. The second-order valence-electron chi connectivity index (χ2n) is 7.99. The molecule has 1 amide bonds. The fraction of sp³-hybridized carbons (Fsp3) is 0.500. The standard InChI is InChI=1S/C20H27FN4O3S/c1-13-5-6-19(18(21)9-13)22-20(26)11-24(4)10-17-14(2)23-25(15(17)3)16-7-8-29(27,28)12-16/h5-6,9,16H,7-8,10-12H2,1-4H3,(H,22,26)/p+1/t16-/m1/s1. The SMILES string of the molecule is Cc1ccc(NC(=O)C[NH+](C)Cc2c(C)nn([C@@H]3CCS(=O)(=O)C3)c2C)c(F)c1. The average molecular weight is 424 g/mol. The lowest BCUT2D eigenvalue weighted by atomic mass is 10.1. The lowest BCUT2D eigenvalue weighted by molar-refractivity contribution is -0.885. The third kappa shape index (κ3) is 5.02. The van der Waals surface area contributed by atoms with Gasteiger partial charge in [-0.25, -0.2) is 12.8 Å². The Kier molecular flexibility index (Phi) is 6.09. The minimum absolute atomic E-state index is 0.124. The van der Waals surface area contributed by atoms with E-state index < -0.39 is 15.7 Å². The maximum Gasteiger partial charge on any atom is 0.279 e. The summed E-state index contributed by atoms with van der Waals surface area (Å²) in [5, 5.41) is 7.19. The number of anilines is 1. The monoisotopic (exact) mass is 423 g/mol. The van der Waals surface area contributed by atoms with Crippen molar-refractivity contribution in [1.82, 2.24) is 9.78 Å². The molecule has 1 aromatic heterocycles. The predicted molar refractivity (Wildman–Crippen MR) is 109 cm³/mol. The summed E-state index contributed by atoms with van der Waals surface area (Å²) in [7, 11) is -1.10. The Morgan fingerprint density at radius 2 is 2.07 bits per heavy atom. The molecule has 1 aromatic carbocycles. The third-order valence-electron chi connectivity index (χ3n) is 5.37. The van der Waals surface area contributed by atoms with Crippen LogP contribution in [0.2, 0.25) is 0 Å². The van der Waals surface area contributed by atoms with Crippen LogP contribution in [0, 0.1) is 26.6 Å². The first-order valence-electron chi connectivity index (χ1n) is 9.68. The lowest BCUT2D eigenvalue weighted by Gasteiger charge is -2.15. The van der Waals surface area contributed by atoms with E-state index in [-0.39, 0.29) is 35.7 Å². The molecule has 0 bridgehead atoms. The highest BCUT2D eigenvalue weighted by Gasteiger charge is 2.32. The molecular weight excluding hydrogens is 395 g/mol. The summed E-state index contributed by atoms with van der Waals surface area (Å²) in [6, 6.07) is 4.57. The first-order valence-corrected chi connectivity index (χ1v) is 11.5. The zero-order chi connectivity index (χ0) is 21.3. The number of aromatic nitrogens is 2. The van der Waals surface area contributed by atoms with E-state index in [4.69, 9.17) is 0 Å². The molecule has 2 aromatic rings. The topological polar surface area (TPSA) is 85.5 Å². The van der Waals surface area contributed by atoms with Crippen LogP contribution in [0.5, 0.6) is 0 Å².